The molecule has 21 heavy (non-hydrogen) atoms. The third kappa shape index (κ3) is 4.32. The van der Waals surface area contributed by atoms with Gasteiger partial charge < -0.3 is 5.32 Å². The number of rotatable bonds is 5. The van der Waals surface area contributed by atoms with E-state index in [0.717, 1.165) is 12.0 Å². The van der Waals surface area contributed by atoms with E-state index in [-0.39, 0.29) is 11.9 Å². The molecule has 0 spiro atoms. The Labute approximate surface area is 127 Å². The standard InChI is InChI=1S/C19H24FN/c1-13(2)11-16-6-8-17(9-7-16)15(4)21-19-12-14(3)5-10-18(19)20/h5-10,12-13,15,21H,11H2,1-4H3. The smallest absolute Gasteiger partial charge is 0.146 e. The van der Waals surface area contributed by atoms with E-state index in [4.69, 9.17) is 0 Å². The number of benzene rings is 2. The Bertz CT molecular complexity index is 587. The predicted molar refractivity (Wildman–Crippen MR) is 88.2 cm³/mol. The number of anilines is 1. The minimum Gasteiger partial charge on any atom is -0.376 e. The summed E-state index contributed by atoms with van der Waals surface area (Å²) in [5.41, 5.74) is 4.14. The van der Waals surface area contributed by atoms with Gasteiger partial charge in [-0.05, 0) is 55.0 Å². The van der Waals surface area contributed by atoms with Gasteiger partial charge in [-0.3, -0.25) is 0 Å². The highest BCUT2D eigenvalue weighted by atomic mass is 19.1. The first-order valence-electron chi connectivity index (χ1n) is 7.57. The molecule has 0 saturated heterocycles. The fourth-order valence-corrected chi connectivity index (χ4v) is 2.48. The van der Waals surface area contributed by atoms with Crippen LogP contribution in [-0.2, 0) is 6.42 Å². The summed E-state index contributed by atoms with van der Waals surface area (Å²) in [6.45, 7) is 8.46. The number of halogens is 1. The molecule has 0 aromatic heterocycles. The van der Waals surface area contributed by atoms with Crippen LogP contribution in [-0.4, -0.2) is 0 Å². The Balaban J connectivity index is 2.09. The van der Waals surface area contributed by atoms with E-state index >= 15 is 0 Å². The second-order valence-corrected chi connectivity index (χ2v) is 6.19. The van der Waals surface area contributed by atoms with Crippen molar-refractivity contribution in [3.05, 3.63) is 65.0 Å². The summed E-state index contributed by atoms with van der Waals surface area (Å²) < 4.78 is 13.8. The molecule has 1 nitrogen and oxygen atoms in total. The average molecular weight is 285 g/mol. The highest BCUT2D eigenvalue weighted by Crippen LogP contribution is 2.23. The summed E-state index contributed by atoms with van der Waals surface area (Å²) in [5, 5.41) is 3.25. The van der Waals surface area contributed by atoms with Crippen LogP contribution in [0, 0.1) is 18.7 Å². The summed E-state index contributed by atoms with van der Waals surface area (Å²) in [5.74, 6) is 0.455. The van der Waals surface area contributed by atoms with Crippen molar-refractivity contribution in [2.75, 3.05) is 5.32 Å². The van der Waals surface area contributed by atoms with Crippen LogP contribution in [0.4, 0.5) is 10.1 Å². The maximum atomic E-state index is 13.8. The van der Waals surface area contributed by atoms with Gasteiger partial charge >= 0.3 is 0 Å². The lowest BCUT2D eigenvalue weighted by Crippen LogP contribution is -2.08. The van der Waals surface area contributed by atoms with E-state index in [2.05, 4.69) is 50.4 Å². The predicted octanol–water partition coefficient (Wildman–Crippen LogP) is 5.51. The summed E-state index contributed by atoms with van der Waals surface area (Å²) >= 11 is 0. The summed E-state index contributed by atoms with van der Waals surface area (Å²) in [7, 11) is 0. The molecular formula is C19H24FN. The molecule has 0 aliphatic carbocycles. The van der Waals surface area contributed by atoms with Crippen LogP contribution >= 0.6 is 0 Å². The van der Waals surface area contributed by atoms with Crippen LogP contribution in [0.1, 0.15) is 43.5 Å². The van der Waals surface area contributed by atoms with Crippen molar-refractivity contribution in [3.8, 4) is 0 Å². The molecule has 0 saturated carbocycles. The average Bonchev–Trinajstić information content (AvgIpc) is 2.43. The molecule has 0 fully saturated rings. The topological polar surface area (TPSA) is 12.0 Å². The van der Waals surface area contributed by atoms with E-state index < -0.39 is 0 Å². The fourth-order valence-electron chi connectivity index (χ4n) is 2.48. The second-order valence-electron chi connectivity index (χ2n) is 6.19. The van der Waals surface area contributed by atoms with Crippen LogP contribution in [0.2, 0.25) is 0 Å². The molecule has 0 radical (unpaired) electrons. The van der Waals surface area contributed by atoms with Crippen molar-refractivity contribution in [1.82, 2.24) is 0 Å². The van der Waals surface area contributed by atoms with Crippen LogP contribution in [0.25, 0.3) is 0 Å². The van der Waals surface area contributed by atoms with Gasteiger partial charge in [0.1, 0.15) is 5.82 Å². The maximum Gasteiger partial charge on any atom is 0.146 e. The molecule has 2 heteroatoms. The Kier molecular flexibility index (Phi) is 5.00. The molecule has 1 N–H and O–H groups in total. The summed E-state index contributed by atoms with van der Waals surface area (Å²) in [6, 6.07) is 13.8. The lowest BCUT2D eigenvalue weighted by molar-refractivity contribution is 0.627. The molecule has 2 aromatic carbocycles. The molecule has 2 aromatic rings. The first-order chi connectivity index (χ1) is 9.95. The van der Waals surface area contributed by atoms with Gasteiger partial charge in [-0.1, -0.05) is 44.2 Å². The SMILES string of the molecule is Cc1ccc(F)c(NC(C)c2ccc(CC(C)C)cc2)c1. The van der Waals surface area contributed by atoms with E-state index in [1.807, 2.05) is 13.0 Å². The maximum absolute atomic E-state index is 13.8. The van der Waals surface area contributed by atoms with Crippen LogP contribution in [0.3, 0.4) is 0 Å². The van der Waals surface area contributed by atoms with Gasteiger partial charge in [0.2, 0.25) is 0 Å². The quantitative estimate of drug-likeness (QED) is 0.764. The van der Waals surface area contributed by atoms with Crippen molar-refractivity contribution in [2.24, 2.45) is 5.92 Å². The van der Waals surface area contributed by atoms with Gasteiger partial charge in [0, 0.05) is 6.04 Å². The zero-order chi connectivity index (χ0) is 15.4. The first kappa shape index (κ1) is 15.6. The lowest BCUT2D eigenvalue weighted by atomic mass is 10.00. The van der Waals surface area contributed by atoms with Crippen LogP contribution in [0.5, 0.6) is 0 Å². The molecular weight excluding hydrogens is 261 g/mol. The van der Waals surface area contributed by atoms with Gasteiger partial charge in [0.15, 0.2) is 0 Å². The second kappa shape index (κ2) is 6.75. The normalized spacial score (nSPS) is 12.5. The van der Waals surface area contributed by atoms with E-state index in [1.54, 1.807) is 6.07 Å². The third-order valence-corrected chi connectivity index (χ3v) is 3.62. The van der Waals surface area contributed by atoms with Crippen molar-refractivity contribution < 1.29 is 4.39 Å². The molecule has 1 unspecified atom stereocenters. The van der Waals surface area contributed by atoms with Crippen molar-refractivity contribution in [1.29, 1.82) is 0 Å². The zero-order valence-corrected chi connectivity index (χ0v) is 13.3. The molecule has 0 amide bonds. The zero-order valence-electron chi connectivity index (χ0n) is 13.3. The highest BCUT2D eigenvalue weighted by molar-refractivity contribution is 5.49. The third-order valence-electron chi connectivity index (χ3n) is 3.62. The van der Waals surface area contributed by atoms with E-state index in [0.29, 0.717) is 11.6 Å². The monoisotopic (exact) mass is 285 g/mol. The molecule has 1 atom stereocenters. The van der Waals surface area contributed by atoms with Gasteiger partial charge in [0.05, 0.1) is 5.69 Å². The molecule has 2 rings (SSSR count). The first-order valence-corrected chi connectivity index (χ1v) is 7.57. The molecule has 0 aliphatic rings. The lowest BCUT2D eigenvalue weighted by Gasteiger charge is -2.17. The largest absolute Gasteiger partial charge is 0.376 e. The van der Waals surface area contributed by atoms with E-state index in [1.165, 1.54) is 17.2 Å². The van der Waals surface area contributed by atoms with Crippen LogP contribution < -0.4 is 5.32 Å². The number of hydrogen-bond donors (Lipinski definition) is 1. The fraction of sp³-hybridized carbons (Fsp3) is 0.368. The van der Waals surface area contributed by atoms with Gasteiger partial charge in [0.25, 0.3) is 0 Å². The van der Waals surface area contributed by atoms with Gasteiger partial charge in [-0.2, -0.15) is 0 Å². The highest BCUT2D eigenvalue weighted by Gasteiger charge is 2.09. The minimum absolute atomic E-state index is 0.0781. The molecule has 0 bridgehead atoms. The van der Waals surface area contributed by atoms with Crippen molar-refractivity contribution >= 4 is 5.69 Å². The Hall–Kier alpha value is -1.83. The Morgan fingerprint density at radius 2 is 1.67 bits per heavy atom. The van der Waals surface area contributed by atoms with E-state index in [9.17, 15) is 4.39 Å². The number of aryl methyl sites for hydroxylation is 1. The number of nitrogens with one attached hydrogen (secondary N) is 1. The molecule has 0 aliphatic heterocycles. The Morgan fingerprint density at radius 3 is 2.29 bits per heavy atom. The van der Waals surface area contributed by atoms with Crippen molar-refractivity contribution in [3.63, 3.8) is 0 Å². The number of hydrogen-bond acceptors (Lipinski definition) is 1. The van der Waals surface area contributed by atoms with Gasteiger partial charge in [-0.25, -0.2) is 4.39 Å². The summed E-state index contributed by atoms with van der Waals surface area (Å²) in [6.07, 6.45) is 1.09. The van der Waals surface area contributed by atoms with Crippen LogP contribution in [0.15, 0.2) is 42.5 Å². The summed E-state index contributed by atoms with van der Waals surface area (Å²) in [4.78, 5) is 0. The molecule has 112 valence electrons. The molecule has 0 heterocycles. The van der Waals surface area contributed by atoms with Gasteiger partial charge in [-0.15, -0.1) is 0 Å². The van der Waals surface area contributed by atoms with Crippen molar-refractivity contribution in [2.45, 2.75) is 40.2 Å². The Morgan fingerprint density at radius 1 is 1.00 bits per heavy atom. The minimum atomic E-state index is -0.205.